The van der Waals surface area contributed by atoms with Gasteiger partial charge in [0.25, 0.3) is 0 Å². The van der Waals surface area contributed by atoms with Crippen molar-refractivity contribution in [1.82, 2.24) is 4.90 Å². The molecule has 0 bridgehead atoms. The number of halogens is 1. The van der Waals surface area contributed by atoms with Crippen molar-refractivity contribution in [3.8, 4) is 5.75 Å². The smallest absolute Gasteiger partial charge is 0.513 e. The van der Waals surface area contributed by atoms with Gasteiger partial charge in [-0.15, -0.1) is 0 Å². The predicted octanol–water partition coefficient (Wildman–Crippen LogP) is 1.01. The van der Waals surface area contributed by atoms with Crippen LogP contribution in [0.5, 0.6) is 5.75 Å². The Bertz CT molecular complexity index is 447. The number of likely N-dealkylation sites (N-methyl/N-ethyl adjacent to an activating group) is 1. The van der Waals surface area contributed by atoms with Crippen molar-refractivity contribution in [2.45, 2.75) is 39.5 Å². The standard InChI is InChI=1S/C17H27NO3.ClH/c1-12(2)14-8-7-9-15(13(3)4)16(14)21-17(19)20-11-10-18(5)6;/h7-9,12-13H,10-11H2,1-6H3;1H/p-1. The Hall–Kier alpha value is -1.26. The largest absolute Gasteiger partial charge is 1.00 e. The van der Waals surface area contributed by atoms with Crippen molar-refractivity contribution in [2.75, 3.05) is 27.2 Å². The topological polar surface area (TPSA) is 38.8 Å². The minimum Gasteiger partial charge on any atom is -1.00 e. The fourth-order valence-corrected chi connectivity index (χ4v) is 2.02. The maximum atomic E-state index is 11.9. The molecule has 0 aromatic heterocycles. The summed E-state index contributed by atoms with van der Waals surface area (Å²) in [5, 5.41) is 0. The lowest BCUT2D eigenvalue weighted by Crippen LogP contribution is -3.00. The number of carbonyl (C=O) groups is 1. The van der Waals surface area contributed by atoms with E-state index in [2.05, 4.69) is 27.7 Å². The van der Waals surface area contributed by atoms with E-state index < -0.39 is 6.16 Å². The zero-order valence-electron chi connectivity index (χ0n) is 14.4. The third-order valence-electron chi connectivity index (χ3n) is 3.26. The first kappa shape index (κ1) is 20.7. The Balaban J connectivity index is 0.00000441. The molecule has 0 aliphatic heterocycles. The van der Waals surface area contributed by atoms with Crippen LogP contribution in [-0.4, -0.2) is 38.3 Å². The minimum absolute atomic E-state index is 0. The Morgan fingerprint density at radius 1 is 1.09 bits per heavy atom. The van der Waals surface area contributed by atoms with Crippen molar-refractivity contribution in [2.24, 2.45) is 0 Å². The molecule has 0 amide bonds. The van der Waals surface area contributed by atoms with Gasteiger partial charge >= 0.3 is 6.16 Å². The summed E-state index contributed by atoms with van der Waals surface area (Å²) < 4.78 is 10.6. The molecule has 0 spiro atoms. The average molecular weight is 329 g/mol. The van der Waals surface area contributed by atoms with Gasteiger partial charge in [-0.3, -0.25) is 0 Å². The maximum Gasteiger partial charge on any atom is 0.513 e. The number of hydrogen-bond acceptors (Lipinski definition) is 4. The summed E-state index contributed by atoms with van der Waals surface area (Å²) in [6, 6.07) is 6.01. The first-order chi connectivity index (χ1) is 9.82. The summed E-state index contributed by atoms with van der Waals surface area (Å²) in [4.78, 5) is 13.8. The van der Waals surface area contributed by atoms with Gasteiger partial charge in [-0.1, -0.05) is 45.9 Å². The summed E-state index contributed by atoms with van der Waals surface area (Å²) in [5.74, 6) is 1.22. The molecule has 5 heteroatoms. The first-order valence-electron chi connectivity index (χ1n) is 7.45. The highest BCUT2D eigenvalue weighted by Gasteiger charge is 2.18. The van der Waals surface area contributed by atoms with Gasteiger partial charge in [-0.05, 0) is 37.1 Å². The highest BCUT2D eigenvalue weighted by molar-refractivity contribution is 5.66. The molecule has 0 aliphatic carbocycles. The molecule has 0 unspecified atom stereocenters. The lowest BCUT2D eigenvalue weighted by Gasteiger charge is -2.18. The third-order valence-corrected chi connectivity index (χ3v) is 3.26. The molecule has 0 saturated heterocycles. The lowest BCUT2D eigenvalue weighted by atomic mass is 9.94. The van der Waals surface area contributed by atoms with Gasteiger partial charge in [0, 0.05) is 6.54 Å². The zero-order chi connectivity index (χ0) is 16.0. The number of nitrogens with zero attached hydrogens (tertiary/aromatic N) is 1. The van der Waals surface area contributed by atoms with E-state index in [0.717, 1.165) is 11.1 Å². The molecule has 0 N–H and O–H groups in total. The number of para-hydroxylation sites is 1. The Labute approximate surface area is 140 Å². The van der Waals surface area contributed by atoms with Crippen LogP contribution in [0.2, 0.25) is 0 Å². The summed E-state index contributed by atoms with van der Waals surface area (Å²) in [5.41, 5.74) is 2.07. The second-order valence-electron chi connectivity index (χ2n) is 6.08. The van der Waals surface area contributed by atoms with Gasteiger partial charge in [-0.2, -0.15) is 0 Å². The zero-order valence-corrected chi connectivity index (χ0v) is 15.1. The highest BCUT2D eigenvalue weighted by Crippen LogP contribution is 2.34. The summed E-state index contributed by atoms with van der Waals surface area (Å²) in [6.07, 6.45) is -0.633. The van der Waals surface area contributed by atoms with E-state index in [1.54, 1.807) is 0 Å². The van der Waals surface area contributed by atoms with E-state index in [-0.39, 0.29) is 24.2 Å². The molecular formula is C17H27ClNO3-. The SMILES string of the molecule is CC(C)c1cccc(C(C)C)c1OC(=O)OCCN(C)C.[Cl-]. The van der Waals surface area contributed by atoms with Crippen LogP contribution in [0, 0.1) is 0 Å². The average Bonchev–Trinajstić information content (AvgIpc) is 2.37. The Morgan fingerprint density at radius 3 is 2.00 bits per heavy atom. The first-order valence-corrected chi connectivity index (χ1v) is 7.45. The van der Waals surface area contributed by atoms with Crippen LogP contribution < -0.4 is 17.1 Å². The summed E-state index contributed by atoms with van der Waals surface area (Å²) in [6.45, 7) is 9.35. The molecule has 1 aromatic carbocycles. The second kappa shape index (κ2) is 9.70. The van der Waals surface area contributed by atoms with Gasteiger partial charge in [0.2, 0.25) is 0 Å². The van der Waals surface area contributed by atoms with Crippen LogP contribution in [-0.2, 0) is 4.74 Å². The van der Waals surface area contributed by atoms with E-state index in [4.69, 9.17) is 9.47 Å². The minimum atomic E-state index is -0.633. The second-order valence-corrected chi connectivity index (χ2v) is 6.08. The van der Waals surface area contributed by atoms with Crippen LogP contribution in [0.25, 0.3) is 0 Å². The van der Waals surface area contributed by atoms with Crippen LogP contribution in [0.3, 0.4) is 0 Å². The van der Waals surface area contributed by atoms with Gasteiger partial charge < -0.3 is 26.8 Å². The van der Waals surface area contributed by atoms with Crippen molar-refractivity contribution >= 4 is 6.16 Å². The predicted molar refractivity (Wildman–Crippen MR) is 85.2 cm³/mol. The number of hydrogen-bond donors (Lipinski definition) is 0. The van der Waals surface area contributed by atoms with E-state index in [1.165, 1.54) is 0 Å². The summed E-state index contributed by atoms with van der Waals surface area (Å²) in [7, 11) is 3.86. The van der Waals surface area contributed by atoms with Gasteiger partial charge in [0.05, 0.1) is 0 Å². The summed E-state index contributed by atoms with van der Waals surface area (Å²) >= 11 is 0. The molecule has 0 radical (unpaired) electrons. The molecule has 4 nitrogen and oxygen atoms in total. The molecule has 1 aromatic rings. The number of benzene rings is 1. The van der Waals surface area contributed by atoms with Crippen LogP contribution in [0.1, 0.15) is 50.7 Å². The van der Waals surface area contributed by atoms with E-state index >= 15 is 0 Å². The van der Waals surface area contributed by atoms with Gasteiger partial charge in [0.15, 0.2) is 0 Å². The Morgan fingerprint density at radius 2 is 1.59 bits per heavy atom. The quantitative estimate of drug-likeness (QED) is 0.577. The third kappa shape index (κ3) is 6.24. The fourth-order valence-electron chi connectivity index (χ4n) is 2.02. The molecule has 22 heavy (non-hydrogen) atoms. The molecule has 0 heterocycles. The van der Waals surface area contributed by atoms with Gasteiger partial charge in [0.1, 0.15) is 12.4 Å². The van der Waals surface area contributed by atoms with E-state index in [0.29, 0.717) is 18.9 Å². The lowest BCUT2D eigenvalue weighted by molar-refractivity contribution is -0.0000163. The molecule has 0 atom stereocenters. The van der Waals surface area contributed by atoms with Crippen molar-refractivity contribution in [3.05, 3.63) is 29.3 Å². The van der Waals surface area contributed by atoms with E-state index in [1.807, 2.05) is 37.2 Å². The molecular weight excluding hydrogens is 302 g/mol. The fraction of sp³-hybridized carbons (Fsp3) is 0.588. The molecule has 0 saturated carbocycles. The van der Waals surface area contributed by atoms with Crippen LogP contribution in [0.15, 0.2) is 18.2 Å². The highest BCUT2D eigenvalue weighted by atomic mass is 35.5. The Kier molecular flexibility index (Phi) is 9.14. The van der Waals surface area contributed by atoms with Crippen LogP contribution in [0.4, 0.5) is 4.79 Å². The van der Waals surface area contributed by atoms with Crippen molar-refractivity contribution in [1.29, 1.82) is 0 Å². The molecule has 126 valence electrons. The van der Waals surface area contributed by atoms with Gasteiger partial charge in [-0.25, -0.2) is 4.79 Å². The van der Waals surface area contributed by atoms with Crippen molar-refractivity contribution < 1.29 is 26.7 Å². The van der Waals surface area contributed by atoms with E-state index in [9.17, 15) is 4.79 Å². The molecule has 1 rings (SSSR count). The number of rotatable bonds is 6. The number of ether oxygens (including phenoxy) is 2. The van der Waals surface area contributed by atoms with Crippen LogP contribution >= 0.6 is 0 Å². The monoisotopic (exact) mass is 328 g/mol. The molecule has 0 aliphatic rings. The normalized spacial score (nSPS) is 10.8. The number of carbonyl (C=O) groups excluding carboxylic acids is 1. The maximum absolute atomic E-state index is 11.9. The molecule has 0 fully saturated rings. The van der Waals surface area contributed by atoms with Crippen molar-refractivity contribution in [3.63, 3.8) is 0 Å².